The number of nitriles is 1. The molecule has 8 heteroatoms. The number of benzene rings is 2. The van der Waals surface area contributed by atoms with Gasteiger partial charge in [-0.05, 0) is 60.7 Å². The zero-order valence-corrected chi connectivity index (χ0v) is 21.4. The van der Waals surface area contributed by atoms with Crippen LogP contribution in [-0.2, 0) is 19.6 Å². The van der Waals surface area contributed by atoms with Gasteiger partial charge in [0.2, 0.25) is 0 Å². The minimum absolute atomic E-state index is 0.00605. The van der Waals surface area contributed by atoms with Gasteiger partial charge < -0.3 is 9.84 Å². The lowest BCUT2D eigenvalue weighted by atomic mass is 9.79. The first-order chi connectivity index (χ1) is 16.6. The summed E-state index contributed by atoms with van der Waals surface area (Å²) in [5.74, 6) is -1.07. The molecule has 0 bridgehead atoms. The van der Waals surface area contributed by atoms with Crippen LogP contribution in [0.4, 0.5) is 5.69 Å². The summed E-state index contributed by atoms with van der Waals surface area (Å²) in [4.78, 5) is 13.1. The van der Waals surface area contributed by atoms with Crippen molar-refractivity contribution in [3.63, 3.8) is 0 Å². The molecule has 0 radical (unpaired) electrons. The Morgan fingerprint density at radius 1 is 1.09 bits per heavy atom. The first-order valence-corrected chi connectivity index (χ1v) is 13.4. The second-order valence-corrected chi connectivity index (χ2v) is 10.9. The average Bonchev–Trinajstić information content (AvgIpc) is 3.04. The standard InChI is InChI=1S/C27H32N2O5S/c1-5-14-27(15-6-2)25(30)24(26(31)34-27)23(18(3)4)20-8-7-9-21(16-20)29-35(32,33)22-12-10-19(17-28)11-13-22/h7-13,16,18,23,29-30H,5-6,14-15H2,1-4H3. The molecule has 1 unspecified atom stereocenters. The molecule has 3 rings (SSSR count). The number of ether oxygens (including phenoxy) is 1. The second kappa shape index (κ2) is 10.5. The third-order valence-electron chi connectivity index (χ3n) is 6.27. The number of nitrogens with one attached hydrogen (secondary N) is 1. The summed E-state index contributed by atoms with van der Waals surface area (Å²) in [6.07, 6.45) is 2.58. The number of hydrogen-bond donors (Lipinski definition) is 2. The Morgan fingerprint density at radius 2 is 1.71 bits per heavy atom. The van der Waals surface area contributed by atoms with Crippen molar-refractivity contribution in [3.05, 3.63) is 71.0 Å². The van der Waals surface area contributed by atoms with Gasteiger partial charge >= 0.3 is 5.97 Å². The van der Waals surface area contributed by atoms with Crippen LogP contribution < -0.4 is 4.72 Å². The third-order valence-corrected chi connectivity index (χ3v) is 7.67. The molecule has 0 aliphatic carbocycles. The van der Waals surface area contributed by atoms with Crippen LogP contribution in [0.25, 0.3) is 0 Å². The molecule has 0 saturated heterocycles. The number of aliphatic hydroxyl groups is 1. The molecule has 0 fully saturated rings. The fourth-order valence-corrected chi connectivity index (χ4v) is 5.82. The van der Waals surface area contributed by atoms with Crippen molar-refractivity contribution >= 4 is 21.7 Å². The SMILES string of the molecule is CCCC1(CCC)OC(=O)C(C(c2cccc(NS(=O)(=O)c3ccc(C#N)cc3)c2)C(C)C)=C1O. The number of anilines is 1. The maximum atomic E-state index is 13.0. The number of esters is 1. The van der Waals surface area contributed by atoms with E-state index in [1.165, 1.54) is 24.3 Å². The van der Waals surface area contributed by atoms with E-state index in [4.69, 9.17) is 10.00 Å². The van der Waals surface area contributed by atoms with Crippen molar-refractivity contribution in [2.75, 3.05) is 4.72 Å². The molecule has 186 valence electrons. The smallest absolute Gasteiger partial charge is 0.339 e. The number of carbonyl (C=O) groups excluding carboxylic acids is 1. The van der Waals surface area contributed by atoms with E-state index < -0.39 is 27.5 Å². The largest absolute Gasteiger partial charge is 0.507 e. The normalized spacial score (nSPS) is 16.2. The summed E-state index contributed by atoms with van der Waals surface area (Å²) in [7, 11) is -3.89. The zero-order chi connectivity index (χ0) is 25.8. The Balaban J connectivity index is 2.00. The van der Waals surface area contributed by atoms with Gasteiger partial charge in [0.25, 0.3) is 10.0 Å². The maximum Gasteiger partial charge on any atom is 0.339 e. The van der Waals surface area contributed by atoms with Crippen molar-refractivity contribution in [2.45, 2.75) is 69.8 Å². The van der Waals surface area contributed by atoms with Gasteiger partial charge in [-0.3, -0.25) is 4.72 Å². The van der Waals surface area contributed by atoms with Gasteiger partial charge in [-0.15, -0.1) is 0 Å². The highest BCUT2D eigenvalue weighted by Crippen LogP contribution is 2.46. The van der Waals surface area contributed by atoms with Gasteiger partial charge in [-0.25, -0.2) is 13.2 Å². The Bertz CT molecular complexity index is 1250. The van der Waals surface area contributed by atoms with E-state index in [1.807, 2.05) is 39.8 Å². The van der Waals surface area contributed by atoms with Crippen molar-refractivity contribution in [2.24, 2.45) is 5.92 Å². The van der Waals surface area contributed by atoms with Gasteiger partial charge in [0.05, 0.1) is 22.1 Å². The molecule has 2 aromatic rings. The number of rotatable bonds is 10. The lowest BCUT2D eigenvalue weighted by molar-refractivity contribution is -0.149. The van der Waals surface area contributed by atoms with E-state index in [0.29, 0.717) is 29.7 Å². The quantitative estimate of drug-likeness (QED) is 0.401. The van der Waals surface area contributed by atoms with Crippen LogP contribution in [0.5, 0.6) is 0 Å². The second-order valence-electron chi connectivity index (χ2n) is 9.23. The van der Waals surface area contributed by atoms with E-state index in [2.05, 4.69) is 4.72 Å². The zero-order valence-electron chi connectivity index (χ0n) is 20.5. The van der Waals surface area contributed by atoms with E-state index in [1.54, 1.807) is 18.2 Å². The molecular weight excluding hydrogens is 464 g/mol. The molecule has 2 N–H and O–H groups in total. The van der Waals surface area contributed by atoms with Crippen LogP contribution in [0.2, 0.25) is 0 Å². The Hall–Kier alpha value is -3.31. The third kappa shape index (κ3) is 5.35. The van der Waals surface area contributed by atoms with Crippen molar-refractivity contribution in [1.29, 1.82) is 5.26 Å². The number of aliphatic hydroxyl groups excluding tert-OH is 1. The first-order valence-electron chi connectivity index (χ1n) is 11.9. The molecule has 0 amide bonds. The summed E-state index contributed by atoms with van der Waals surface area (Å²) < 4.78 is 34.1. The molecular formula is C27H32N2O5S. The molecule has 0 spiro atoms. The number of hydrogen-bond acceptors (Lipinski definition) is 6. The van der Waals surface area contributed by atoms with Gasteiger partial charge in [0, 0.05) is 11.6 Å². The van der Waals surface area contributed by atoms with Crippen molar-refractivity contribution in [1.82, 2.24) is 0 Å². The van der Waals surface area contributed by atoms with Crippen molar-refractivity contribution < 1.29 is 23.1 Å². The molecule has 1 atom stereocenters. The summed E-state index contributed by atoms with van der Waals surface area (Å²) in [6, 6.07) is 14.4. The highest BCUT2D eigenvalue weighted by molar-refractivity contribution is 7.92. The van der Waals surface area contributed by atoms with Crippen LogP contribution in [0.1, 0.15) is 70.4 Å². The van der Waals surface area contributed by atoms with Crippen molar-refractivity contribution in [3.8, 4) is 6.07 Å². The Morgan fingerprint density at radius 3 is 2.26 bits per heavy atom. The molecule has 0 saturated carbocycles. The molecule has 0 aromatic heterocycles. The molecule has 7 nitrogen and oxygen atoms in total. The summed E-state index contributed by atoms with van der Waals surface area (Å²) in [5, 5.41) is 20.2. The van der Waals surface area contributed by atoms with Crippen LogP contribution in [-0.4, -0.2) is 25.1 Å². The Labute approximate surface area is 207 Å². The van der Waals surface area contributed by atoms with Crippen LogP contribution in [0.15, 0.2) is 64.8 Å². The number of carbonyl (C=O) groups is 1. The highest BCUT2D eigenvalue weighted by Gasteiger charge is 2.49. The van der Waals surface area contributed by atoms with Gasteiger partial charge in [0.15, 0.2) is 5.60 Å². The summed E-state index contributed by atoms with van der Waals surface area (Å²) in [6.45, 7) is 7.87. The van der Waals surface area contributed by atoms with E-state index in [-0.39, 0.29) is 22.1 Å². The highest BCUT2D eigenvalue weighted by atomic mass is 32.2. The van der Waals surface area contributed by atoms with E-state index in [9.17, 15) is 18.3 Å². The molecule has 35 heavy (non-hydrogen) atoms. The van der Waals surface area contributed by atoms with Crippen LogP contribution in [0.3, 0.4) is 0 Å². The minimum atomic E-state index is -3.89. The molecule has 2 aromatic carbocycles. The van der Waals surface area contributed by atoms with Crippen LogP contribution in [0, 0.1) is 17.2 Å². The number of sulfonamides is 1. The number of nitrogens with zero attached hydrogens (tertiary/aromatic N) is 1. The van der Waals surface area contributed by atoms with Crippen LogP contribution >= 0.6 is 0 Å². The maximum absolute atomic E-state index is 13.0. The molecule has 1 heterocycles. The fraction of sp³-hybridized carbons (Fsp3) is 0.407. The number of cyclic esters (lactones) is 1. The average molecular weight is 497 g/mol. The lowest BCUT2D eigenvalue weighted by Gasteiger charge is -2.27. The van der Waals surface area contributed by atoms with E-state index in [0.717, 1.165) is 12.8 Å². The van der Waals surface area contributed by atoms with E-state index >= 15 is 0 Å². The predicted octanol–water partition coefficient (Wildman–Crippen LogP) is 5.81. The fourth-order valence-electron chi connectivity index (χ4n) is 4.77. The summed E-state index contributed by atoms with van der Waals surface area (Å²) >= 11 is 0. The predicted molar refractivity (Wildman–Crippen MR) is 134 cm³/mol. The van der Waals surface area contributed by atoms with Gasteiger partial charge in [-0.1, -0.05) is 52.7 Å². The monoisotopic (exact) mass is 496 g/mol. The van der Waals surface area contributed by atoms with Gasteiger partial charge in [0.1, 0.15) is 5.76 Å². The molecule has 1 aliphatic heterocycles. The van der Waals surface area contributed by atoms with Gasteiger partial charge in [-0.2, -0.15) is 5.26 Å². The minimum Gasteiger partial charge on any atom is -0.507 e. The summed E-state index contributed by atoms with van der Waals surface area (Å²) in [5.41, 5.74) is 0.635. The molecule has 1 aliphatic rings. The Kier molecular flexibility index (Phi) is 7.91. The first kappa shape index (κ1) is 26.3. The lowest BCUT2D eigenvalue weighted by Crippen LogP contribution is -2.31. The topological polar surface area (TPSA) is 116 Å².